The standard InChI is InChI=1S/C48H32N2/c1-4-13-35(14-5-1)45-30-40(31-46(50-45)36-15-6-2-7-16-36)34-24-22-33(23-25-34)38-26-27-42-41-20-10-11-21-43(41)48(39-19-12-28-49-32-39)47(44(42)29-38)37-17-8-3-9-18-37/h1-32H. The number of rotatable bonds is 6. The van der Waals surface area contributed by atoms with E-state index in [0.717, 1.165) is 39.2 Å². The molecule has 234 valence electrons. The highest BCUT2D eigenvalue weighted by Crippen LogP contribution is 2.45. The third-order valence-corrected chi connectivity index (χ3v) is 9.55. The number of benzene rings is 7. The molecule has 0 aliphatic heterocycles. The highest BCUT2D eigenvalue weighted by Gasteiger charge is 2.18. The summed E-state index contributed by atoms with van der Waals surface area (Å²) in [5.41, 5.74) is 13.5. The maximum atomic E-state index is 5.07. The Hall–Kier alpha value is -6.64. The average Bonchev–Trinajstić information content (AvgIpc) is 3.21. The first kappa shape index (κ1) is 29.5. The van der Waals surface area contributed by atoms with Crippen molar-refractivity contribution in [3.63, 3.8) is 0 Å². The van der Waals surface area contributed by atoms with Gasteiger partial charge in [0.1, 0.15) is 0 Å². The van der Waals surface area contributed by atoms with Gasteiger partial charge in [0.15, 0.2) is 0 Å². The van der Waals surface area contributed by atoms with Crippen molar-refractivity contribution in [3.8, 4) is 67.0 Å². The van der Waals surface area contributed by atoms with Crippen LogP contribution in [0.15, 0.2) is 194 Å². The van der Waals surface area contributed by atoms with Crippen LogP contribution in [0.5, 0.6) is 0 Å². The summed E-state index contributed by atoms with van der Waals surface area (Å²) in [5.74, 6) is 0. The van der Waals surface area contributed by atoms with Crippen LogP contribution in [0.2, 0.25) is 0 Å². The van der Waals surface area contributed by atoms with Crippen molar-refractivity contribution in [1.29, 1.82) is 0 Å². The number of aromatic nitrogens is 2. The molecule has 2 heterocycles. The predicted molar refractivity (Wildman–Crippen MR) is 210 cm³/mol. The van der Waals surface area contributed by atoms with Gasteiger partial charge in [0, 0.05) is 29.1 Å². The highest BCUT2D eigenvalue weighted by molar-refractivity contribution is 6.22. The zero-order chi connectivity index (χ0) is 33.3. The molecule has 0 saturated heterocycles. The van der Waals surface area contributed by atoms with Crippen LogP contribution in [-0.2, 0) is 0 Å². The minimum atomic E-state index is 0.964. The lowest BCUT2D eigenvalue weighted by Gasteiger charge is -2.19. The van der Waals surface area contributed by atoms with E-state index in [0.29, 0.717) is 0 Å². The number of nitrogens with zero attached hydrogens (tertiary/aromatic N) is 2. The molecule has 0 atom stereocenters. The molecule has 0 unspecified atom stereocenters. The van der Waals surface area contributed by atoms with Gasteiger partial charge in [-0.1, -0.05) is 158 Å². The molecule has 2 nitrogen and oxygen atoms in total. The van der Waals surface area contributed by atoms with E-state index in [2.05, 4.69) is 169 Å². The van der Waals surface area contributed by atoms with E-state index in [-0.39, 0.29) is 0 Å². The molecule has 0 bridgehead atoms. The molecule has 7 aromatic carbocycles. The SMILES string of the molecule is c1ccc(-c2cc(-c3ccc(-c4ccc5c(c4)c(-c4ccccc4)c(-c4cccnc4)c4ccccc45)cc3)cc(-c3ccccc3)n2)cc1. The zero-order valence-electron chi connectivity index (χ0n) is 27.4. The first-order chi connectivity index (χ1) is 24.8. The van der Waals surface area contributed by atoms with Gasteiger partial charge in [-0.05, 0) is 84.8 Å². The van der Waals surface area contributed by atoms with Crippen molar-refractivity contribution in [2.75, 3.05) is 0 Å². The molecule has 9 rings (SSSR count). The fraction of sp³-hybridized carbons (Fsp3) is 0. The second kappa shape index (κ2) is 12.8. The number of hydrogen-bond donors (Lipinski definition) is 0. The quantitative estimate of drug-likeness (QED) is 0.170. The van der Waals surface area contributed by atoms with Gasteiger partial charge in [-0.15, -0.1) is 0 Å². The molecular formula is C48H32N2. The Bertz CT molecular complexity index is 2540. The van der Waals surface area contributed by atoms with E-state index in [1.165, 1.54) is 49.4 Å². The summed E-state index contributed by atoms with van der Waals surface area (Å²) in [7, 11) is 0. The van der Waals surface area contributed by atoms with Crippen LogP contribution in [0.3, 0.4) is 0 Å². The molecule has 0 aliphatic rings. The van der Waals surface area contributed by atoms with Crippen molar-refractivity contribution < 1.29 is 0 Å². The highest BCUT2D eigenvalue weighted by atomic mass is 14.7. The summed E-state index contributed by atoms with van der Waals surface area (Å²) < 4.78 is 0. The van der Waals surface area contributed by atoms with Gasteiger partial charge in [0.05, 0.1) is 11.4 Å². The Morgan fingerprint density at radius 1 is 0.280 bits per heavy atom. The zero-order valence-corrected chi connectivity index (χ0v) is 27.4. The minimum Gasteiger partial charge on any atom is -0.264 e. The topological polar surface area (TPSA) is 25.8 Å². The summed E-state index contributed by atoms with van der Waals surface area (Å²) in [6.45, 7) is 0. The number of hydrogen-bond acceptors (Lipinski definition) is 2. The minimum absolute atomic E-state index is 0.964. The summed E-state index contributed by atoms with van der Waals surface area (Å²) in [6.07, 6.45) is 3.82. The normalized spacial score (nSPS) is 11.2. The van der Waals surface area contributed by atoms with Gasteiger partial charge in [-0.2, -0.15) is 0 Å². The second-order valence-corrected chi connectivity index (χ2v) is 12.6. The molecule has 0 aliphatic carbocycles. The largest absolute Gasteiger partial charge is 0.264 e. The van der Waals surface area contributed by atoms with Gasteiger partial charge < -0.3 is 0 Å². The molecule has 2 aromatic heterocycles. The summed E-state index contributed by atoms with van der Waals surface area (Å²) >= 11 is 0. The van der Waals surface area contributed by atoms with Gasteiger partial charge in [-0.25, -0.2) is 4.98 Å². The van der Waals surface area contributed by atoms with Gasteiger partial charge in [0.2, 0.25) is 0 Å². The predicted octanol–water partition coefficient (Wildman–Crippen LogP) is 12.8. The summed E-state index contributed by atoms with van der Waals surface area (Å²) in [4.78, 5) is 9.60. The monoisotopic (exact) mass is 636 g/mol. The molecule has 0 spiro atoms. The van der Waals surface area contributed by atoms with Crippen molar-refractivity contribution in [2.45, 2.75) is 0 Å². The maximum Gasteiger partial charge on any atom is 0.0715 e. The van der Waals surface area contributed by atoms with Crippen LogP contribution >= 0.6 is 0 Å². The lowest BCUT2D eigenvalue weighted by atomic mass is 9.84. The lowest BCUT2D eigenvalue weighted by molar-refractivity contribution is 1.32. The van der Waals surface area contributed by atoms with E-state index in [1.54, 1.807) is 0 Å². The van der Waals surface area contributed by atoms with Gasteiger partial charge >= 0.3 is 0 Å². The van der Waals surface area contributed by atoms with Crippen LogP contribution in [0.4, 0.5) is 0 Å². The van der Waals surface area contributed by atoms with Crippen molar-refractivity contribution in [1.82, 2.24) is 9.97 Å². The van der Waals surface area contributed by atoms with Gasteiger partial charge in [0.25, 0.3) is 0 Å². The molecule has 0 amide bonds. The molecule has 50 heavy (non-hydrogen) atoms. The van der Waals surface area contributed by atoms with Crippen LogP contribution in [0, 0.1) is 0 Å². The van der Waals surface area contributed by atoms with Crippen molar-refractivity contribution in [3.05, 3.63) is 194 Å². The Morgan fingerprint density at radius 2 is 0.760 bits per heavy atom. The Morgan fingerprint density at radius 3 is 1.36 bits per heavy atom. The summed E-state index contributed by atoms with van der Waals surface area (Å²) in [5, 5.41) is 4.94. The van der Waals surface area contributed by atoms with Crippen LogP contribution < -0.4 is 0 Å². The van der Waals surface area contributed by atoms with Crippen LogP contribution in [0.1, 0.15) is 0 Å². The average molecular weight is 637 g/mol. The lowest BCUT2D eigenvalue weighted by Crippen LogP contribution is -1.93. The summed E-state index contributed by atoms with van der Waals surface area (Å²) in [6, 6.07) is 64.8. The van der Waals surface area contributed by atoms with Crippen molar-refractivity contribution >= 4 is 21.5 Å². The first-order valence-electron chi connectivity index (χ1n) is 17.0. The molecular weight excluding hydrogens is 605 g/mol. The van der Waals surface area contributed by atoms with E-state index < -0.39 is 0 Å². The first-order valence-corrected chi connectivity index (χ1v) is 17.0. The van der Waals surface area contributed by atoms with E-state index in [9.17, 15) is 0 Å². The third kappa shape index (κ3) is 5.43. The molecule has 0 N–H and O–H groups in total. The van der Waals surface area contributed by atoms with E-state index in [4.69, 9.17) is 4.98 Å². The fourth-order valence-electron chi connectivity index (χ4n) is 7.15. The molecule has 0 fully saturated rings. The number of fused-ring (bicyclic) bond motifs is 3. The fourth-order valence-corrected chi connectivity index (χ4v) is 7.15. The third-order valence-electron chi connectivity index (χ3n) is 9.55. The smallest absolute Gasteiger partial charge is 0.0715 e. The second-order valence-electron chi connectivity index (χ2n) is 12.6. The Balaban J connectivity index is 1.20. The Labute approximate surface area is 292 Å². The van der Waals surface area contributed by atoms with Crippen LogP contribution in [-0.4, -0.2) is 9.97 Å². The molecule has 0 saturated carbocycles. The number of pyridine rings is 2. The van der Waals surface area contributed by atoms with Crippen LogP contribution in [0.25, 0.3) is 88.6 Å². The Kier molecular flexibility index (Phi) is 7.53. The van der Waals surface area contributed by atoms with E-state index in [1.807, 2.05) is 30.6 Å². The van der Waals surface area contributed by atoms with Crippen molar-refractivity contribution in [2.24, 2.45) is 0 Å². The van der Waals surface area contributed by atoms with Gasteiger partial charge in [-0.3, -0.25) is 4.98 Å². The molecule has 9 aromatic rings. The van der Waals surface area contributed by atoms with E-state index >= 15 is 0 Å². The molecule has 2 heteroatoms. The molecule has 0 radical (unpaired) electrons. The maximum absolute atomic E-state index is 5.07.